The molecule has 1 aromatic carbocycles. The van der Waals surface area contributed by atoms with Crippen LogP contribution in [0.1, 0.15) is 32.7 Å². The second-order valence-electron chi connectivity index (χ2n) is 7.68. The number of benzene rings is 1. The molecular weight excluding hydrogens is 370 g/mol. The molecule has 0 unspecified atom stereocenters. The quantitative estimate of drug-likeness (QED) is 0.671. The van der Waals surface area contributed by atoms with Crippen LogP contribution in [0.4, 0.5) is 0 Å². The number of thiazole rings is 1. The lowest BCUT2D eigenvalue weighted by molar-refractivity contribution is 0.0600. The molecule has 2 aliphatic heterocycles. The minimum atomic E-state index is 0.0610. The lowest BCUT2D eigenvalue weighted by Gasteiger charge is -2.42. The molecule has 5 rings (SSSR count). The van der Waals surface area contributed by atoms with Gasteiger partial charge in [-0.3, -0.25) is 9.59 Å². The van der Waals surface area contributed by atoms with Crippen molar-refractivity contribution in [3.05, 3.63) is 74.5 Å². The van der Waals surface area contributed by atoms with Crippen LogP contribution in [0, 0.1) is 12.8 Å². The summed E-state index contributed by atoms with van der Waals surface area (Å²) in [6.45, 7) is 4.00. The molecule has 0 spiro atoms. The van der Waals surface area contributed by atoms with Crippen LogP contribution in [0.5, 0.6) is 0 Å². The van der Waals surface area contributed by atoms with E-state index >= 15 is 0 Å². The average Bonchev–Trinajstić information content (AvgIpc) is 3.10. The van der Waals surface area contributed by atoms with Crippen molar-refractivity contribution in [1.29, 1.82) is 0 Å². The Morgan fingerprint density at radius 2 is 1.89 bits per heavy atom. The number of fused-ring (bicyclic) bond motifs is 4. The van der Waals surface area contributed by atoms with Gasteiger partial charge in [-0.1, -0.05) is 36.4 Å². The summed E-state index contributed by atoms with van der Waals surface area (Å²) < 4.78 is 1.90. The topological polar surface area (TPSA) is 55.2 Å². The number of carbonyl (C=O) groups excluding carboxylic acids is 1. The summed E-state index contributed by atoms with van der Waals surface area (Å²) in [5.41, 5.74) is 2.88. The van der Waals surface area contributed by atoms with Crippen molar-refractivity contribution in [3.8, 4) is 11.3 Å². The van der Waals surface area contributed by atoms with Gasteiger partial charge in [0.1, 0.15) is 4.88 Å². The van der Waals surface area contributed by atoms with Crippen LogP contribution in [0.3, 0.4) is 0 Å². The number of pyridine rings is 1. The Morgan fingerprint density at radius 1 is 1.07 bits per heavy atom. The van der Waals surface area contributed by atoms with Gasteiger partial charge in [0, 0.05) is 42.9 Å². The Kier molecular flexibility index (Phi) is 4.16. The summed E-state index contributed by atoms with van der Waals surface area (Å²) in [4.78, 5) is 33.0. The summed E-state index contributed by atoms with van der Waals surface area (Å²) in [6.07, 6.45) is 1.04. The minimum Gasteiger partial charge on any atom is -0.337 e. The number of rotatable bonds is 2. The third-order valence-corrected chi connectivity index (χ3v) is 6.70. The molecule has 0 N–H and O–H groups in total. The second-order valence-corrected chi connectivity index (χ2v) is 8.89. The van der Waals surface area contributed by atoms with Gasteiger partial charge in [0.05, 0.1) is 10.7 Å². The lowest BCUT2D eigenvalue weighted by Crippen LogP contribution is -2.49. The molecule has 142 valence electrons. The number of carbonyl (C=O) groups is 1. The van der Waals surface area contributed by atoms with E-state index in [4.69, 9.17) is 0 Å². The standard InChI is InChI=1S/C22H21N3O2S/c1-14-23-20(16-6-3-2-4-7-16)21(28-14)22(27)24-11-15-10-17(13-24)18-8-5-9-19(26)25(18)12-15/h2-9,15,17H,10-13H2,1H3/t15-,17+/m1/s1. The number of likely N-dealkylation sites (tertiary alicyclic amines) is 1. The summed E-state index contributed by atoms with van der Waals surface area (Å²) in [6, 6.07) is 15.4. The van der Waals surface area contributed by atoms with Crippen LogP contribution in [0.2, 0.25) is 0 Å². The number of piperidine rings is 1. The maximum absolute atomic E-state index is 13.4. The number of amides is 1. The molecule has 2 aromatic heterocycles. The molecule has 2 bridgehead atoms. The minimum absolute atomic E-state index is 0.0610. The van der Waals surface area contributed by atoms with Crippen molar-refractivity contribution in [2.24, 2.45) is 5.92 Å². The van der Waals surface area contributed by atoms with E-state index < -0.39 is 0 Å². The van der Waals surface area contributed by atoms with E-state index in [9.17, 15) is 9.59 Å². The van der Waals surface area contributed by atoms with Crippen molar-refractivity contribution in [1.82, 2.24) is 14.5 Å². The Bertz CT molecular complexity index is 1100. The van der Waals surface area contributed by atoms with Gasteiger partial charge in [-0.15, -0.1) is 11.3 Å². The van der Waals surface area contributed by atoms with Crippen molar-refractivity contribution in [2.75, 3.05) is 13.1 Å². The van der Waals surface area contributed by atoms with E-state index in [1.807, 2.05) is 58.9 Å². The summed E-state index contributed by atoms with van der Waals surface area (Å²) in [7, 11) is 0. The fourth-order valence-electron chi connectivity index (χ4n) is 4.57. The third kappa shape index (κ3) is 2.88. The molecule has 0 aliphatic carbocycles. The lowest BCUT2D eigenvalue weighted by atomic mass is 9.83. The maximum atomic E-state index is 13.4. The van der Waals surface area contributed by atoms with E-state index in [2.05, 4.69) is 4.98 Å². The molecule has 6 heteroatoms. The van der Waals surface area contributed by atoms with E-state index in [0.717, 1.165) is 28.4 Å². The van der Waals surface area contributed by atoms with Crippen LogP contribution < -0.4 is 5.56 Å². The van der Waals surface area contributed by atoms with Gasteiger partial charge in [-0.05, 0) is 25.3 Å². The molecule has 3 aromatic rings. The molecule has 28 heavy (non-hydrogen) atoms. The van der Waals surface area contributed by atoms with E-state index in [1.165, 1.54) is 11.3 Å². The molecule has 5 nitrogen and oxygen atoms in total. The van der Waals surface area contributed by atoms with Gasteiger partial charge in [0.15, 0.2) is 0 Å². The van der Waals surface area contributed by atoms with Crippen LogP contribution in [0.25, 0.3) is 11.3 Å². The normalized spacial score (nSPS) is 20.7. The van der Waals surface area contributed by atoms with Gasteiger partial charge in [-0.25, -0.2) is 4.98 Å². The molecule has 0 saturated carbocycles. The van der Waals surface area contributed by atoms with Gasteiger partial charge in [-0.2, -0.15) is 0 Å². The zero-order valence-corrected chi connectivity index (χ0v) is 16.5. The molecule has 2 aliphatic rings. The second kappa shape index (κ2) is 6.71. The fourth-order valence-corrected chi connectivity index (χ4v) is 5.48. The van der Waals surface area contributed by atoms with Crippen LogP contribution in [-0.2, 0) is 6.54 Å². The highest BCUT2D eigenvalue weighted by molar-refractivity contribution is 7.14. The van der Waals surface area contributed by atoms with E-state index in [-0.39, 0.29) is 17.4 Å². The summed E-state index contributed by atoms with van der Waals surface area (Å²) >= 11 is 1.47. The molecule has 0 radical (unpaired) electrons. The molecule has 1 fully saturated rings. The first-order valence-corrected chi connectivity index (χ1v) is 10.4. The highest BCUT2D eigenvalue weighted by Crippen LogP contribution is 2.37. The molecule has 1 saturated heterocycles. The number of nitrogens with zero attached hydrogens (tertiary/aromatic N) is 3. The predicted octanol–water partition coefficient (Wildman–Crippen LogP) is 3.54. The first kappa shape index (κ1) is 17.4. The first-order valence-electron chi connectivity index (χ1n) is 9.62. The summed E-state index contributed by atoms with van der Waals surface area (Å²) in [5, 5.41) is 0.899. The smallest absolute Gasteiger partial charge is 0.266 e. The van der Waals surface area contributed by atoms with Crippen LogP contribution >= 0.6 is 11.3 Å². The van der Waals surface area contributed by atoms with E-state index in [0.29, 0.717) is 30.4 Å². The number of hydrogen-bond donors (Lipinski definition) is 0. The average molecular weight is 391 g/mol. The fraction of sp³-hybridized carbons (Fsp3) is 0.318. The van der Waals surface area contributed by atoms with E-state index in [1.54, 1.807) is 6.07 Å². The van der Waals surface area contributed by atoms with Gasteiger partial charge in [0.2, 0.25) is 0 Å². The molecule has 2 atom stereocenters. The molecule has 1 amide bonds. The Hall–Kier alpha value is -2.73. The monoisotopic (exact) mass is 391 g/mol. The predicted molar refractivity (Wildman–Crippen MR) is 110 cm³/mol. The molecular formula is C22H21N3O2S. The Morgan fingerprint density at radius 3 is 2.71 bits per heavy atom. The van der Waals surface area contributed by atoms with Crippen molar-refractivity contribution >= 4 is 17.2 Å². The maximum Gasteiger partial charge on any atom is 0.266 e. The largest absolute Gasteiger partial charge is 0.337 e. The SMILES string of the molecule is Cc1nc(-c2ccccc2)c(C(=O)N2C[C@H]3C[C@@H](C2)c2cccc(=O)n2C3)s1. The van der Waals surface area contributed by atoms with Crippen molar-refractivity contribution in [2.45, 2.75) is 25.8 Å². The molecule has 4 heterocycles. The summed E-state index contributed by atoms with van der Waals surface area (Å²) in [5.74, 6) is 0.606. The number of hydrogen-bond acceptors (Lipinski definition) is 4. The number of aryl methyl sites for hydroxylation is 1. The van der Waals surface area contributed by atoms with Crippen LogP contribution in [-0.4, -0.2) is 33.4 Å². The van der Waals surface area contributed by atoms with Crippen LogP contribution in [0.15, 0.2) is 53.3 Å². The zero-order chi connectivity index (χ0) is 19.3. The van der Waals surface area contributed by atoms with Crippen molar-refractivity contribution < 1.29 is 4.79 Å². The highest BCUT2D eigenvalue weighted by atomic mass is 32.1. The first-order chi connectivity index (χ1) is 13.6. The number of aromatic nitrogens is 2. The Labute approximate surface area is 167 Å². The van der Waals surface area contributed by atoms with Crippen molar-refractivity contribution in [3.63, 3.8) is 0 Å². The van der Waals surface area contributed by atoms with Gasteiger partial charge in [0.25, 0.3) is 11.5 Å². The Balaban J connectivity index is 1.48. The van der Waals surface area contributed by atoms with Gasteiger partial charge >= 0.3 is 0 Å². The third-order valence-electron chi connectivity index (χ3n) is 5.74. The zero-order valence-electron chi connectivity index (χ0n) is 15.7. The highest BCUT2D eigenvalue weighted by Gasteiger charge is 2.37. The van der Waals surface area contributed by atoms with Gasteiger partial charge < -0.3 is 9.47 Å².